The summed E-state index contributed by atoms with van der Waals surface area (Å²) in [6.07, 6.45) is 4.60. The van der Waals surface area contributed by atoms with Gasteiger partial charge in [0.1, 0.15) is 18.1 Å². The van der Waals surface area contributed by atoms with Crippen molar-refractivity contribution in [2.45, 2.75) is 6.61 Å². The summed E-state index contributed by atoms with van der Waals surface area (Å²) in [6, 6.07) is 37.6. The molecule has 9 heteroatoms. The van der Waals surface area contributed by atoms with Crippen LogP contribution in [0.3, 0.4) is 0 Å². The number of nitrogens with one attached hydrogen (secondary N) is 2. The number of ether oxygens (including phenoxy) is 1. The Bertz CT molecular complexity index is 1920. The molecule has 0 atom stereocenters. The third-order valence-corrected chi connectivity index (χ3v) is 6.93. The fourth-order valence-corrected chi connectivity index (χ4v) is 4.40. The van der Waals surface area contributed by atoms with E-state index in [1.807, 2.05) is 54.6 Å². The van der Waals surface area contributed by atoms with Crippen LogP contribution in [0.1, 0.15) is 37.4 Å². The highest BCUT2D eigenvalue weighted by Crippen LogP contribution is 2.18. The van der Waals surface area contributed by atoms with Crippen molar-refractivity contribution in [3.63, 3.8) is 0 Å². The van der Waals surface area contributed by atoms with E-state index in [2.05, 4.69) is 10.6 Å². The molecule has 0 radical (unpaired) electrons. The van der Waals surface area contributed by atoms with Gasteiger partial charge in [0, 0.05) is 28.9 Å². The summed E-state index contributed by atoms with van der Waals surface area (Å²) in [5, 5.41) is 16.4. The van der Waals surface area contributed by atoms with Crippen LogP contribution in [0.15, 0.2) is 145 Å². The Morgan fingerprint density at radius 2 is 1.32 bits per heavy atom. The van der Waals surface area contributed by atoms with Crippen LogP contribution in [0.5, 0.6) is 5.75 Å². The third-order valence-electron chi connectivity index (χ3n) is 6.93. The molecule has 0 heterocycles. The lowest BCUT2D eigenvalue weighted by atomic mass is 10.1. The Hall–Kier alpha value is -6.61. The van der Waals surface area contributed by atoms with Crippen molar-refractivity contribution in [1.82, 2.24) is 5.32 Å². The van der Waals surface area contributed by atoms with Crippen molar-refractivity contribution < 1.29 is 24.0 Å². The predicted octanol–water partition coefficient (Wildman–Crippen LogP) is 7.48. The Kier molecular flexibility index (Phi) is 10.4. The van der Waals surface area contributed by atoms with E-state index in [0.29, 0.717) is 29.0 Å². The van der Waals surface area contributed by atoms with Gasteiger partial charge in [0.25, 0.3) is 17.5 Å². The molecule has 0 spiro atoms. The molecule has 5 aromatic carbocycles. The zero-order valence-corrected chi connectivity index (χ0v) is 25.0. The maximum absolute atomic E-state index is 13.3. The van der Waals surface area contributed by atoms with Crippen LogP contribution in [0.2, 0.25) is 0 Å². The van der Waals surface area contributed by atoms with Gasteiger partial charge in [0.05, 0.1) is 4.92 Å². The highest BCUT2D eigenvalue weighted by atomic mass is 16.6. The van der Waals surface area contributed by atoms with Crippen molar-refractivity contribution in [3.05, 3.63) is 183 Å². The van der Waals surface area contributed by atoms with Gasteiger partial charge >= 0.3 is 0 Å². The normalized spacial score (nSPS) is 11.1. The molecular weight excluding hydrogens is 594 g/mol. The summed E-state index contributed by atoms with van der Waals surface area (Å²) in [6.45, 7) is 0.463. The standard InChI is InChI=1S/C38H29N3O6/c42-36(24-15-27-13-22-34(23-14-27)47-26-29-7-3-1-4-8-29)30-16-18-32(19-17-30)39-38(44)35(40-37(43)31-9-5-2-6-10-31)25-28-11-20-33(21-12-28)41(45)46/h1-25H,26H2,(H,39,44)(H,40,43)/b24-15+,35-25-. The van der Waals surface area contributed by atoms with Crippen molar-refractivity contribution in [1.29, 1.82) is 0 Å². The molecule has 0 unspecified atom stereocenters. The Balaban J connectivity index is 1.22. The van der Waals surface area contributed by atoms with E-state index in [-0.39, 0.29) is 17.2 Å². The van der Waals surface area contributed by atoms with Gasteiger partial charge in [0.2, 0.25) is 0 Å². The molecule has 2 N–H and O–H groups in total. The summed E-state index contributed by atoms with van der Waals surface area (Å²) < 4.78 is 5.81. The monoisotopic (exact) mass is 623 g/mol. The smallest absolute Gasteiger partial charge is 0.272 e. The Labute approximate surface area is 271 Å². The average molecular weight is 624 g/mol. The number of anilines is 1. The van der Waals surface area contributed by atoms with Crippen LogP contribution in [0, 0.1) is 10.1 Å². The lowest BCUT2D eigenvalue weighted by molar-refractivity contribution is -0.384. The van der Waals surface area contributed by atoms with Crippen LogP contribution in [-0.2, 0) is 11.4 Å². The molecule has 0 aliphatic carbocycles. The number of nitrogens with zero attached hydrogens (tertiary/aromatic N) is 1. The summed E-state index contributed by atoms with van der Waals surface area (Å²) in [4.78, 5) is 49.5. The number of nitro groups is 1. The molecule has 5 rings (SSSR count). The predicted molar refractivity (Wildman–Crippen MR) is 181 cm³/mol. The second-order valence-electron chi connectivity index (χ2n) is 10.3. The summed E-state index contributed by atoms with van der Waals surface area (Å²) in [7, 11) is 0. The Morgan fingerprint density at radius 1 is 0.702 bits per heavy atom. The first-order chi connectivity index (χ1) is 22.8. The van der Waals surface area contributed by atoms with E-state index < -0.39 is 16.7 Å². The quantitative estimate of drug-likeness (QED) is 0.0642. The van der Waals surface area contributed by atoms with E-state index in [4.69, 9.17) is 4.74 Å². The fraction of sp³-hybridized carbons (Fsp3) is 0.0263. The zero-order chi connectivity index (χ0) is 33.0. The number of rotatable bonds is 12. The summed E-state index contributed by atoms with van der Waals surface area (Å²) in [5.74, 6) is -0.625. The number of allylic oxidation sites excluding steroid dienone is 1. The van der Waals surface area contributed by atoms with Crippen LogP contribution >= 0.6 is 0 Å². The molecular formula is C38H29N3O6. The number of carbonyl (C=O) groups excluding carboxylic acids is 3. The second-order valence-corrected chi connectivity index (χ2v) is 10.3. The molecule has 2 amide bonds. The number of benzene rings is 5. The van der Waals surface area contributed by atoms with Crippen molar-refractivity contribution >= 4 is 41.1 Å². The van der Waals surface area contributed by atoms with Crippen LogP contribution in [-0.4, -0.2) is 22.5 Å². The van der Waals surface area contributed by atoms with E-state index in [0.717, 1.165) is 16.9 Å². The molecule has 0 aliphatic heterocycles. The number of hydrogen-bond donors (Lipinski definition) is 2. The molecule has 0 aliphatic rings. The van der Waals surface area contributed by atoms with Gasteiger partial charge < -0.3 is 15.4 Å². The number of ketones is 1. The SMILES string of the molecule is O=C(Nc1ccc(C(=O)/C=C/c2ccc(OCc3ccccc3)cc2)cc1)/C(=C/c1ccc([N+](=O)[O-])cc1)NC(=O)c1ccccc1. The Morgan fingerprint density at radius 3 is 1.96 bits per heavy atom. The molecule has 232 valence electrons. The molecule has 0 bridgehead atoms. The molecule has 0 aromatic heterocycles. The van der Waals surface area contributed by atoms with Crippen molar-refractivity contribution in [2.75, 3.05) is 5.32 Å². The average Bonchev–Trinajstić information content (AvgIpc) is 3.11. The number of amides is 2. The molecule has 47 heavy (non-hydrogen) atoms. The number of non-ortho nitro benzene ring substituents is 1. The zero-order valence-electron chi connectivity index (χ0n) is 25.0. The van der Waals surface area contributed by atoms with Crippen molar-refractivity contribution in [3.8, 4) is 5.75 Å². The van der Waals surface area contributed by atoms with E-state index in [9.17, 15) is 24.5 Å². The molecule has 0 saturated carbocycles. The first-order valence-electron chi connectivity index (χ1n) is 14.6. The van der Waals surface area contributed by atoms with Crippen molar-refractivity contribution in [2.24, 2.45) is 0 Å². The van der Waals surface area contributed by atoms with Crippen LogP contribution < -0.4 is 15.4 Å². The third kappa shape index (κ3) is 9.19. The molecule has 0 saturated heterocycles. The van der Waals surface area contributed by atoms with E-state index in [1.165, 1.54) is 36.4 Å². The molecule has 0 fully saturated rings. The molecule has 5 aromatic rings. The lowest BCUT2D eigenvalue weighted by Gasteiger charge is -2.12. The van der Waals surface area contributed by atoms with E-state index >= 15 is 0 Å². The number of hydrogen-bond acceptors (Lipinski definition) is 6. The van der Waals surface area contributed by atoms with Gasteiger partial charge in [-0.15, -0.1) is 0 Å². The second kappa shape index (κ2) is 15.4. The van der Waals surface area contributed by atoms with Gasteiger partial charge in [-0.1, -0.05) is 66.7 Å². The minimum atomic E-state index is -0.622. The van der Waals surface area contributed by atoms with E-state index in [1.54, 1.807) is 60.7 Å². The topological polar surface area (TPSA) is 128 Å². The number of carbonyl (C=O) groups is 3. The first kappa shape index (κ1) is 31.8. The van der Waals surface area contributed by atoms with Gasteiger partial charge in [-0.05, 0) is 89.5 Å². The fourth-order valence-electron chi connectivity index (χ4n) is 4.40. The largest absolute Gasteiger partial charge is 0.489 e. The lowest BCUT2D eigenvalue weighted by Crippen LogP contribution is -2.30. The minimum absolute atomic E-state index is 0.0766. The summed E-state index contributed by atoms with van der Waals surface area (Å²) in [5.41, 5.74) is 3.35. The first-order valence-corrected chi connectivity index (χ1v) is 14.6. The summed E-state index contributed by atoms with van der Waals surface area (Å²) >= 11 is 0. The van der Waals surface area contributed by atoms with Crippen LogP contribution in [0.4, 0.5) is 11.4 Å². The van der Waals surface area contributed by atoms with Gasteiger partial charge in [-0.2, -0.15) is 0 Å². The highest BCUT2D eigenvalue weighted by Gasteiger charge is 2.16. The van der Waals surface area contributed by atoms with Gasteiger partial charge in [-0.25, -0.2) is 0 Å². The minimum Gasteiger partial charge on any atom is -0.489 e. The van der Waals surface area contributed by atoms with Gasteiger partial charge in [0.15, 0.2) is 5.78 Å². The maximum atomic E-state index is 13.3. The van der Waals surface area contributed by atoms with Gasteiger partial charge in [-0.3, -0.25) is 24.5 Å². The maximum Gasteiger partial charge on any atom is 0.272 e. The number of nitro benzene ring substituents is 1. The molecule has 9 nitrogen and oxygen atoms in total. The van der Waals surface area contributed by atoms with Crippen LogP contribution in [0.25, 0.3) is 12.2 Å². The highest BCUT2D eigenvalue weighted by molar-refractivity contribution is 6.11.